The van der Waals surface area contributed by atoms with Crippen molar-refractivity contribution < 1.29 is 13.0 Å². The van der Waals surface area contributed by atoms with Crippen LogP contribution in [-0.2, 0) is 16.5 Å². The maximum Gasteiger partial charge on any atom is 0.294 e. The second-order valence-electron chi connectivity index (χ2n) is 5.19. The van der Waals surface area contributed by atoms with E-state index in [1.165, 1.54) is 37.3 Å². The summed E-state index contributed by atoms with van der Waals surface area (Å²) in [7, 11) is -4.06. The van der Waals surface area contributed by atoms with Crippen molar-refractivity contribution in [3.8, 4) is 0 Å². The molecular weight excluding hydrogens is 236 g/mol. The largest absolute Gasteiger partial charge is 0.294 e. The van der Waals surface area contributed by atoms with Crippen molar-refractivity contribution in [2.75, 3.05) is 0 Å². The van der Waals surface area contributed by atoms with Gasteiger partial charge in [0.1, 0.15) is 0 Å². The summed E-state index contributed by atoms with van der Waals surface area (Å²) in [5.74, 6) is 1.31. The molecule has 0 saturated heterocycles. The second-order valence-corrected chi connectivity index (χ2v) is 6.61. The minimum atomic E-state index is -4.06. The molecule has 1 saturated carbocycles. The molecule has 3 nitrogen and oxygen atoms in total. The molecule has 0 radical (unpaired) electrons. The predicted molar refractivity (Wildman–Crippen MR) is 64.7 cm³/mol. The third kappa shape index (κ3) is 1.89. The van der Waals surface area contributed by atoms with Gasteiger partial charge in [0.25, 0.3) is 10.1 Å². The number of rotatable bonds is 1. The lowest BCUT2D eigenvalue weighted by atomic mass is 9.80. The fraction of sp³-hybridized carbons (Fsp3) is 0.538. The molecule has 0 spiro atoms. The number of benzene rings is 1. The number of fused-ring (bicyclic) bond motifs is 3. The van der Waals surface area contributed by atoms with E-state index in [2.05, 4.69) is 0 Å². The van der Waals surface area contributed by atoms with Crippen molar-refractivity contribution in [2.24, 2.45) is 5.92 Å². The standard InChI is InChI=1S/C13H16O3S/c14-17(15,16)11-5-6-13-10(8-11)7-9-3-1-2-4-12(9)13/h5-6,8-9,12H,1-4,7H2,(H,14,15,16). The van der Waals surface area contributed by atoms with Crippen molar-refractivity contribution in [1.82, 2.24) is 0 Å². The molecule has 2 aliphatic carbocycles. The number of hydrogen-bond donors (Lipinski definition) is 1. The van der Waals surface area contributed by atoms with E-state index in [9.17, 15) is 8.42 Å². The zero-order chi connectivity index (χ0) is 12.0. The lowest BCUT2D eigenvalue weighted by Gasteiger charge is -2.25. The smallest absolute Gasteiger partial charge is 0.282 e. The molecule has 0 aromatic heterocycles. The molecule has 0 heterocycles. The molecule has 3 rings (SSSR count). The zero-order valence-corrected chi connectivity index (χ0v) is 10.4. The first-order chi connectivity index (χ1) is 8.05. The molecule has 1 aromatic rings. The van der Waals surface area contributed by atoms with Crippen LogP contribution in [0.4, 0.5) is 0 Å². The van der Waals surface area contributed by atoms with E-state index in [-0.39, 0.29) is 4.90 Å². The van der Waals surface area contributed by atoms with Gasteiger partial charge >= 0.3 is 0 Å². The maximum absolute atomic E-state index is 11.1. The van der Waals surface area contributed by atoms with Gasteiger partial charge in [0, 0.05) is 0 Å². The van der Waals surface area contributed by atoms with Crippen molar-refractivity contribution in [1.29, 1.82) is 0 Å². The summed E-state index contributed by atoms with van der Waals surface area (Å²) in [6, 6.07) is 5.09. The predicted octanol–water partition coefficient (Wildman–Crippen LogP) is 2.76. The van der Waals surface area contributed by atoms with Gasteiger partial charge < -0.3 is 0 Å². The molecular formula is C13H16O3S. The first kappa shape index (κ1) is 11.2. The third-order valence-corrected chi connectivity index (χ3v) is 5.05. The summed E-state index contributed by atoms with van der Waals surface area (Å²) < 4.78 is 31.3. The molecule has 1 N–H and O–H groups in total. The van der Waals surface area contributed by atoms with Gasteiger partial charge in [-0.3, -0.25) is 4.55 Å². The molecule has 2 aliphatic rings. The Balaban J connectivity index is 2.02. The van der Waals surface area contributed by atoms with Crippen molar-refractivity contribution >= 4 is 10.1 Å². The summed E-state index contributed by atoms with van der Waals surface area (Å²) >= 11 is 0. The highest BCUT2D eigenvalue weighted by atomic mass is 32.2. The summed E-state index contributed by atoms with van der Waals surface area (Å²) in [4.78, 5) is 0.0369. The monoisotopic (exact) mass is 252 g/mol. The van der Waals surface area contributed by atoms with Crippen LogP contribution in [0.3, 0.4) is 0 Å². The molecule has 0 amide bonds. The van der Waals surface area contributed by atoms with Gasteiger partial charge in [-0.2, -0.15) is 8.42 Å². The summed E-state index contributed by atoms with van der Waals surface area (Å²) in [6.45, 7) is 0. The van der Waals surface area contributed by atoms with E-state index < -0.39 is 10.1 Å². The van der Waals surface area contributed by atoms with Crippen LogP contribution in [0.1, 0.15) is 42.7 Å². The molecule has 1 aromatic carbocycles. The van der Waals surface area contributed by atoms with Gasteiger partial charge in [-0.05, 0) is 54.4 Å². The first-order valence-electron chi connectivity index (χ1n) is 6.16. The Morgan fingerprint density at radius 2 is 1.94 bits per heavy atom. The van der Waals surface area contributed by atoms with Crippen LogP contribution in [0.15, 0.2) is 23.1 Å². The van der Waals surface area contributed by atoms with Gasteiger partial charge in [0.05, 0.1) is 4.90 Å². The SMILES string of the molecule is O=S(=O)(O)c1ccc2c(c1)CC1CCCCC21. The van der Waals surface area contributed by atoms with E-state index in [0.29, 0.717) is 11.8 Å². The molecule has 17 heavy (non-hydrogen) atoms. The van der Waals surface area contributed by atoms with Crippen LogP contribution in [0.5, 0.6) is 0 Å². The zero-order valence-electron chi connectivity index (χ0n) is 9.59. The van der Waals surface area contributed by atoms with Crippen LogP contribution in [-0.4, -0.2) is 13.0 Å². The van der Waals surface area contributed by atoms with Crippen LogP contribution in [0.25, 0.3) is 0 Å². The Bertz CT molecular complexity index is 548. The van der Waals surface area contributed by atoms with Crippen LogP contribution in [0, 0.1) is 5.92 Å². The molecule has 92 valence electrons. The molecule has 0 aliphatic heterocycles. The number of hydrogen-bond acceptors (Lipinski definition) is 2. The second kappa shape index (κ2) is 3.82. The molecule has 2 atom stereocenters. The Hall–Kier alpha value is -0.870. The Labute approximate surface area is 102 Å². The fourth-order valence-electron chi connectivity index (χ4n) is 3.42. The van der Waals surface area contributed by atoms with Crippen molar-refractivity contribution in [2.45, 2.75) is 42.9 Å². The van der Waals surface area contributed by atoms with Gasteiger partial charge in [-0.1, -0.05) is 18.9 Å². The lowest BCUT2D eigenvalue weighted by Crippen LogP contribution is -2.12. The maximum atomic E-state index is 11.1. The highest BCUT2D eigenvalue weighted by molar-refractivity contribution is 7.85. The van der Waals surface area contributed by atoms with Gasteiger partial charge in [-0.15, -0.1) is 0 Å². The molecule has 2 unspecified atom stereocenters. The minimum Gasteiger partial charge on any atom is -0.282 e. The third-order valence-electron chi connectivity index (χ3n) is 4.20. The van der Waals surface area contributed by atoms with E-state index in [0.717, 1.165) is 12.0 Å². The minimum absolute atomic E-state index is 0.0369. The Morgan fingerprint density at radius 3 is 2.71 bits per heavy atom. The van der Waals surface area contributed by atoms with Crippen molar-refractivity contribution in [3.05, 3.63) is 29.3 Å². The van der Waals surface area contributed by atoms with Gasteiger partial charge in [-0.25, -0.2) is 0 Å². The highest BCUT2D eigenvalue weighted by Crippen LogP contribution is 2.46. The van der Waals surface area contributed by atoms with Gasteiger partial charge in [0.2, 0.25) is 0 Å². The van der Waals surface area contributed by atoms with Crippen LogP contribution < -0.4 is 0 Å². The average molecular weight is 252 g/mol. The highest BCUT2D eigenvalue weighted by Gasteiger charge is 2.34. The van der Waals surface area contributed by atoms with Gasteiger partial charge in [0.15, 0.2) is 0 Å². The first-order valence-corrected chi connectivity index (χ1v) is 7.60. The Morgan fingerprint density at radius 1 is 1.18 bits per heavy atom. The summed E-state index contributed by atoms with van der Waals surface area (Å²) in [5, 5.41) is 0. The van der Waals surface area contributed by atoms with E-state index in [4.69, 9.17) is 4.55 Å². The molecule has 0 bridgehead atoms. The fourth-order valence-corrected chi connectivity index (χ4v) is 3.96. The summed E-state index contributed by atoms with van der Waals surface area (Å²) in [5.41, 5.74) is 2.43. The normalized spacial score (nSPS) is 27.6. The van der Waals surface area contributed by atoms with E-state index in [1.54, 1.807) is 6.07 Å². The topological polar surface area (TPSA) is 54.4 Å². The molecule has 4 heteroatoms. The Kier molecular flexibility index (Phi) is 2.52. The van der Waals surface area contributed by atoms with Crippen LogP contribution >= 0.6 is 0 Å². The molecule has 1 fully saturated rings. The lowest BCUT2D eigenvalue weighted by molar-refractivity contribution is 0.330. The average Bonchev–Trinajstić information content (AvgIpc) is 2.65. The van der Waals surface area contributed by atoms with Crippen LogP contribution in [0.2, 0.25) is 0 Å². The van der Waals surface area contributed by atoms with E-state index >= 15 is 0 Å². The van der Waals surface area contributed by atoms with E-state index in [1.807, 2.05) is 6.07 Å². The summed E-state index contributed by atoms with van der Waals surface area (Å²) in [6.07, 6.45) is 6.02. The quantitative estimate of drug-likeness (QED) is 0.782. The van der Waals surface area contributed by atoms with Crippen molar-refractivity contribution in [3.63, 3.8) is 0 Å².